The van der Waals surface area contributed by atoms with E-state index in [0.717, 1.165) is 0 Å². The molecular formula is C11H19N5O5P2. The van der Waals surface area contributed by atoms with Gasteiger partial charge >= 0.3 is 0 Å². The van der Waals surface area contributed by atoms with E-state index in [9.17, 15) is 9.36 Å². The summed E-state index contributed by atoms with van der Waals surface area (Å²) >= 11 is 0. The third-order valence-corrected chi connectivity index (χ3v) is 4.89. The maximum atomic E-state index is 12.0. The number of anilines is 1. The number of rotatable bonds is 9. The Kier molecular flexibility index (Phi) is 6.26. The summed E-state index contributed by atoms with van der Waals surface area (Å²) in [5, 5.41) is 0. The largest absolute Gasteiger partial charge is 0.382 e. The predicted molar refractivity (Wildman–Crippen MR) is 88.5 cm³/mol. The molecule has 0 bridgehead atoms. The molecule has 0 aliphatic heterocycles. The number of fused-ring (bicyclic) bond motifs is 1. The molecule has 2 rings (SSSR count). The lowest BCUT2D eigenvalue weighted by atomic mass is 10.5. The van der Waals surface area contributed by atoms with Crippen LogP contribution in [0.25, 0.3) is 11.2 Å². The number of aromatic amines is 1. The van der Waals surface area contributed by atoms with Crippen molar-refractivity contribution in [2.45, 2.75) is 6.54 Å². The SMILES string of the molecule is COCCOP(=O)(P)COCCn1cnc2c(=O)[nH]c(N)nc21. The van der Waals surface area contributed by atoms with Crippen molar-refractivity contribution in [3.63, 3.8) is 0 Å². The number of nitrogens with one attached hydrogen (secondary N) is 1. The summed E-state index contributed by atoms with van der Waals surface area (Å²) in [6.07, 6.45) is 1.44. The molecule has 2 heterocycles. The number of aromatic nitrogens is 4. The Hall–Kier alpha value is -1.31. The summed E-state index contributed by atoms with van der Waals surface area (Å²) in [5.74, 6) is 0.0196. The summed E-state index contributed by atoms with van der Waals surface area (Å²) in [7, 11) is 0.820. The smallest absolute Gasteiger partial charge is 0.280 e. The van der Waals surface area contributed by atoms with E-state index in [0.29, 0.717) is 18.8 Å². The van der Waals surface area contributed by atoms with Crippen LogP contribution in [0.2, 0.25) is 0 Å². The van der Waals surface area contributed by atoms with Crippen molar-refractivity contribution in [1.82, 2.24) is 19.5 Å². The maximum absolute atomic E-state index is 12.0. The van der Waals surface area contributed by atoms with Gasteiger partial charge in [0, 0.05) is 13.7 Å². The second-order valence-corrected chi connectivity index (χ2v) is 8.98. The molecule has 0 spiro atoms. The van der Waals surface area contributed by atoms with Crippen LogP contribution in [0.15, 0.2) is 11.1 Å². The van der Waals surface area contributed by atoms with E-state index in [2.05, 4.69) is 23.9 Å². The first-order chi connectivity index (χ1) is 10.9. The van der Waals surface area contributed by atoms with Crippen LogP contribution < -0.4 is 11.3 Å². The Morgan fingerprint density at radius 3 is 2.96 bits per heavy atom. The highest BCUT2D eigenvalue weighted by atomic mass is 32.0. The Balaban J connectivity index is 1.87. The highest BCUT2D eigenvalue weighted by Crippen LogP contribution is 2.54. The van der Waals surface area contributed by atoms with Crippen molar-refractivity contribution in [3.8, 4) is 0 Å². The third-order valence-electron chi connectivity index (χ3n) is 2.84. The lowest BCUT2D eigenvalue weighted by Crippen LogP contribution is -2.13. The van der Waals surface area contributed by atoms with Crippen molar-refractivity contribution in [2.24, 2.45) is 0 Å². The summed E-state index contributed by atoms with van der Waals surface area (Å²) in [5.41, 5.74) is 5.70. The fourth-order valence-electron chi connectivity index (χ4n) is 1.80. The highest BCUT2D eigenvalue weighted by molar-refractivity contribution is 8.14. The summed E-state index contributed by atoms with van der Waals surface area (Å²) in [6.45, 7) is 1.24. The third kappa shape index (κ3) is 5.09. The minimum absolute atomic E-state index is 0.0196. The second-order valence-electron chi connectivity index (χ2n) is 4.65. The van der Waals surface area contributed by atoms with Gasteiger partial charge in [0.05, 0.1) is 26.1 Å². The molecule has 0 aliphatic carbocycles. The fraction of sp³-hybridized carbons (Fsp3) is 0.545. The first kappa shape index (κ1) is 18.0. The van der Waals surface area contributed by atoms with E-state index in [1.54, 1.807) is 4.57 Å². The molecule has 10 nitrogen and oxygen atoms in total. The quantitative estimate of drug-likeness (QED) is 0.483. The van der Waals surface area contributed by atoms with Crippen LogP contribution in [0.3, 0.4) is 0 Å². The Labute approximate surface area is 134 Å². The van der Waals surface area contributed by atoms with Crippen LogP contribution in [0.5, 0.6) is 0 Å². The van der Waals surface area contributed by atoms with Crippen LogP contribution in [-0.2, 0) is 25.1 Å². The molecular weight excluding hydrogens is 344 g/mol. The Bertz CT molecular complexity index is 761. The second kappa shape index (κ2) is 7.99. The molecule has 0 saturated heterocycles. The van der Waals surface area contributed by atoms with Crippen LogP contribution in [0.1, 0.15) is 0 Å². The number of H-pyrrole nitrogens is 1. The zero-order valence-electron chi connectivity index (χ0n) is 12.6. The van der Waals surface area contributed by atoms with Gasteiger partial charge in [-0.25, -0.2) is 4.98 Å². The van der Waals surface area contributed by atoms with Crippen molar-refractivity contribution in [3.05, 3.63) is 16.7 Å². The number of hydrogen-bond acceptors (Lipinski definition) is 8. The van der Waals surface area contributed by atoms with Gasteiger partial charge in [0.1, 0.15) is 6.35 Å². The molecule has 0 aliphatic rings. The van der Waals surface area contributed by atoms with Crippen LogP contribution in [0.4, 0.5) is 5.95 Å². The molecule has 0 fully saturated rings. The highest BCUT2D eigenvalue weighted by Gasteiger charge is 2.16. The molecule has 0 radical (unpaired) electrons. The van der Waals surface area contributed by atoms with E-state index < -0.39 is 12.6 Å². The van der Waals surface area contributed by atoms with Crippen LogP contribution in [0, 0.1) is 0 Å². The minimum atomic E-state index is -2.89. The van der Waals surface area contributed by atoms with Crippen molar-refractivity contribution in [2.75, 3.05) is 39.0 Å². The number of methoxy groups -OCH3 is 1. The summed E-state index contributed by atoms with van der Waals surface area (Å²) in [4.78, 5) is 22.1. The van der Waals surface area contributed by atoms with E-state index in [1.165, 1.54) is 13.4 Å². The predicted octanol–water partition coefficient (Wildman–Crippen LogP) is 0.407. The number of nitrogen functional groups attached to an aromatic ring is 1. The van der Waals surface area contributed by atoms with E-state index in [4.69, 9.17) is 19.7 Å². The van der Waals surface area contributed by atoms with E-state index >= 15 is 0 Å². The number of nitrogens with zero attached hydrogens (tertiary/aromatic N) is 3. The first-order valence-corrected chi connectivity index (χ1v) is 10.2. The molecule has 0 saturated carbocycles. The van der Waals surface area contributed by atoms with Crippen molar-refractivity contribution < 1.29 is 18.6 Å². The Morgan fingerprint density at radius 1 is 1.43 bits per heavy atom. The maximum Gasteiger partial charge on any atom is 0.280 e. The van der Waals surface area contributed by atoms with Gasteiger partial charge < -0.3 is 24.3 Å². The van der Waals surface area contributed by atoms with Gasteiger partial charge in [0.15, 0.2) is 11.2 Å². The standard InChI is InChI=1S/C11H19N5O5P2/c1-19-4-5-21-23(18,22)7-20-3-2-16-6-13-8-9(16)14-11(12)15-10(8)17/h6H,2-5,7,22H2,1H3,(H3,12,14,15,17). The average molecular weight is 363 g/mol. The number of nitrogens with two attached hydrogens (primary N) is 1. The first-order valence-electron chi connectivity index (χ1n) is 6.72. The fourth-order valence-corrected chi connectivity index (χ4v) is 3.28. The summed E-state index contributed by atoms with van der Waals surface area (Å²) in [6, 6.07) is 0. The number of imidazole rings is 1. The van der Waals surface area contributed by atoms with E-state index in [-0.39, 0.29) is 31.0 Å². The molecule has 23 heavy (non-hydrogen) atoms. The topological polar surface area (TPSA) is 134 Å². The zero-order chi connectivity index (χ0) is 16.9. The summed E-state index contributed by atoms with van der Waals surface area (Å²) < 4.78 is 29.0. The molecule has 2 unspecified atom stereocenters. The zero-order valence-corrected chi connectivity index (χ0v) is 14.6. The molecule has 3 N–H and O–H groups in total. The molecule has 12 heteroatoms. The van der Waals surface area contributed by atoms with Gasteiger partial charge in [-0.1, -0.05) is 0 Å². The molecule has 0 amide bonds. The molecule has 2 aromatic heterocycles. The molecule has 2 atom stereocenters. The molecule has 0 aromatic carbocycles. The van der Waals surface area contributed by atoms with Crippen LogP contribution >= 0.6 is 16.0 Å². The molecule has 2 aromatic rings. The Morgan fingerprint density at radius 2 is 2.22 bits per heavy atom. The van der Waals surface area contributed by atoms with Gasteiger partial charge in [-0.2, -0.15) is 4.98 Å². The van der Waals surface area contributed by atoms with E-state index in [1.807, 2.05) is 0 Å². The average Bonchev–Trinajstić information content (AvgIpc) is 2.87. The number of hydrogen-bond donors (Lipinski definition) is 2. The normalized spacial score (nSPS) is 14.2. The monoisotopic (exact) mass is 363 g/mol. The van der Waals surface area contributed by atoms with Crippen molar-refractivity contribution in [1.29, 1.82) is 0 Å². The van der Waals surface area contributed by atoms with Gasteiger partial charge in [0.25, 0.3) is 5.56 Å². The minimum Gasteiger partial charge on any atom is -0.382 e. The number of ether oxygens (including phenoxy) is 2. The lowest BCUT2D eigenvalue weighted by molar-refractivity contribution is 0.132. The lowest BCUT2D eigenvalue weighted by Gasteiger charge is -2.13. The van der Waals surface area contributed by atoms with Gasteiger partial charge in [-0.05, 0) is 8.93 Å². The van der Waals surface area contributed by atoms with Gasteiger partial charge in [-0.15, -0.1) is 0 Å². The van der Waals surface area contributed by atoms with Crippen LogP contribution in [-0.4, -0.2) is 52.8 Å². The van der Waals surface area contributed by atoms with Gasteiger partial charge in [-0.3, -0.25) is 14.3 Å². The van der Waals surface area contributed by atoms with Gasteiger partial charge in [0.2, 0.25) is 13.0 Å². The molecule has 128 valence electrons. The van der Waals surface area contributed by atoms with Crippen molar-refractivity contribution >= 4 is 33.1 Å².